The van der Waals surface area contributed by atoms with Gasteiger partial charge < -0.3 is 14.8 Å². The van der Waals surface area contributed by atoms with Crippen LogP contribution in [0.3, 0.4) is 0 Å². The minimum Gasteiger partial charge on any atom is -0.505 e. The summed E-state index contributed by atoms with van der Waals surface area (Å²) in [4.78, 5) is 27.9. The summed E-state index contributed by atoms with van der Waals surface area (Å²) >= 11 is 0. The standard InChI is InChI=1S/C35H29BF7NO5/c1-18-11-25-31(33(47)44(32(25)46)24-15-22(34(38,39)40)14-23(16-24)35(41,42)43)26-17-36(48)49-29(30(18)26)10-8-21(20-5-3-2-4-6-20)12-19-7-9-28(45)27(37)13-19/h2-7,9,12-16,25-26,29,31,45,48H,8,10-11,17H2,1H3/b21-12-/t25-,26+,29-,31-/m1/s1. The fraction of sp³-hybridized carbons (Fsp3) is 0.314. The first-order valence-electron chi connectivity index (χ1n) is 15.5. The number of nitrogens with zero attached hydrogens (tertiary/aromatic N) is 1. The molecule has 256 valence electrons. The molecule has 6 rings (SSSR count). The molecular formula is C35H29BF7NO5. The first kappa shape index (κ1) is 34.4. The average Bonchev–Trinajstić information content (AvgIpc) is 3.28. The topological polar surface area (TPSA) is 87.1 Å². The highest BCUT2D eigenvalue weighted by Crippen LogP contribution is 2.52. The lowest BCUT2D eigenvalue weighted by molar-refractivity contribution is -0.143. The third-order valence-corrected chi connectivity index (χ3v) is 9.42. The van der Waals surface area contributed by atoms with Gasteiger partial charge in [-0.05, 0) is 91.0 Å². The molecule has 1 aliphatic carbocycles. The smallest absolute Gasteiger partial charge is 0.455 e. The van der Waals surface area contributed by atoms with Crippen LogP contribution in [0.5, 0.6) is 5.75 Å². The fourth-order valence-electron chi connectivity index (χ4n) is 7.29. The summed E-state index contributed by atoms with van der Waals surface area (Å²) in [5.74, 6) is -6.11. The van der Waals surface area contributed by atoms with Crippen molar-refractivity contribution in [2.75, 3.05) is 4.90 Å². The number of amides is 2. The van der Waals surface area contributed by atoms with Crippen molar-refractivity contribution in [3.63, 3.8) is 0 Å². The highest BCUT2D eigenvalue weighted by Gasteiger charge is 2.57. The number of fused-ring (bicyclic) bond motifs is 3. The number of carbonyl (C=O) groups is 2. The van der Waals surface area contributed by atoms with Gasteiger partial charge in [0.05, 0.1) is 34.8 Å². The molecule has 2 heterocycles. The predicted molar refractivity (Wildman–Crippen MR) is 166 cm³/mol. The summed E-state index contributed by atoms with van der Waals surface area (Å²) < 4.78 is 102. The molecule has 3 aromatic carbocycles. The second-order valence-electron chi connectivity index (χ2n) is 12.6. The number of allylic oxidation sites excluding steroid dienone is 2. The maximum absolute atomic E-state index is 14.1. The van der Waals surface area contributed by atoms with Gasteiger partial charge in [-0.15, -0.1) is 0 Å². The summed E-state index contributed by atoms with van der Waals surface area (Å²) in [5, 5.41) is 20.4. The SMILES string of the molecule is CC1=C2[C@@H](CC/C(=C/c3ccc(O)c(F)c3)c3ccccc3)OB(O)C[C@@H]2[C@@H]2C(=O)N(c3cc(C(F)(F)F)cc(C(F)(F)F)c3)C(=O)[C@@H]2C1. The van der Waals surface area contributed by atoms with Crippen molar-refractivity contribution in [2.24, 2.45) is 17.8 Å². The molecule has 2 amide bonds. The van der Waals surface area contributed by atoms with Crippen LogP contribution in [0.2, 0.25) is 6.32 Å². The lowest BCUT2D eigenvalue weighted by Crippen LogP contribution is -2.46. The van der Waals surface area contributed by atoms with Crippen LogP contribution in [-0.2, 0) is 26.6 Å². The van der Waals surface area contributed by atoms with Gasteiger partial charge in [-0.3, -0.25) is 9.59 Å². The van der Waals surface area contributed by atoms with Crippen LogP contribution in [0.1, 0.15) is 48.4 Å². The van der Waals surface area contributed by atoms with E-state index in [0.717, 1.165) is 11.1 Å². The van der Waals surface area contributed by atoms with E-state index >= 15 is 0 Å². The Labute approximate surface area is 276 Å². The van der Waals surface area contributed by atoms with Crippen molar-refractivity contribution >= 4 is 36.3 Å². The Bertz CT molecular complexity index is 1820. The number of anilines is 1. The van der Waals surface area contributed by atoms with Gasteiger partial charge in [0.25, 0.3) is 0 Å². The van der Waals surface area contributed by atoms with Gasteiger partial charge in [0.15, 0.2) is 11.6 Å². The summed E-state index contributed by atoms with van der Waals surface area (Å²) in [6.45, 7) is 1.73. The Hall–Kier alpha value is -4.43. The van der Waals surface area contributed by atoms with Crippen molar-refractivity contribution in [2.45, 2.75) is 51.0 Å². The maximum atomic E-state index is 14.1. The van der Waals surface area contributed by atoms with Crippen LogP contribution in [0, 0.1) is 23.6 Å². The van der Waals surface area contributed by atoms with E-state index in [1.54, 1.807) is 19.1 Å². The van der Waals surface area contributed by atoms with Gasteiger partial charge >= 0.3 is 19.5 Å². The zero-order valence-electron chi connectivity index (χ0n) is 25.9. The Morgan fingerprint density at radius 1 is 0.939 bits per heavy atom. The normalized spacial score (nSPS) is 23.2. The molecule has 6 nitrogen and oxygen atoms in total. The zero-order valence-corrected chi connectivity index (χ0v) is 25.9. The van der Waals surface area contributed by atoms with Crippen LogP contribution in [-0.4, -0.2) is 35.2 Å². The molecule has 3 aromatic rings. The number of aromatic hydroxyl groups is 1. The second kappa shape index (κ2) is 12.8. The van der Waals surface area contributed by atoms with E-state index in [4.69, 9.17) is 4.65 Å². The number of imide groups is 1. The summed E-state index contributed by atoms with van der Waals surface area (Å²) in [7, 11) is -1.37. The highest BCUT2D eigenvalue weighted by molar-refractivity contribution is 6.43. The van der Waals surface area contributed by atoms with Crippen LogP contribution in [0.25, 0.3) is 11.6 Å². The van der Waals surface area contributed by atoms with E-state index in [-0.39, 0.29) is 25.2 Å². The van der Waals surface area contributed by atoms with Crippen molar-refractivity contribution in [1.29, 1.82) is 0 Å². The molecule has 0 bridgehead atoms. The minimum atomic E-state index is -5.18. The molecule has 0 radical (unpaired) electrons. The molecule has 2 N–H and O–H groups in total. The highest BCUT2D eigenvalue weighted by atomic mass is 19.4. The Morgan fingerprint density at radius 2 is 1.59 bits per heavy atom. The van der Waals surface area contributed by atoms with Crippen LogP contribution >= 0.6 is 0 Å². The number of alkyl halides is 6. The third kappa shape index (κ3) is 6.76. The Kier molecular flexibility index (Phi) is 8.99. The van der Waals surface area contributed by atoms with E-state index in [1.165, 1.54) is 12.1 Å². The summed E-state index contributed by atoms with van der Waals surface area (Å²) in [6, 6.07) is 13.8. The first-order chi connectivity index (χ1) is 23.0. The summed E-state index contributed by atoms with van der Waals surface area (Å²) in [5.41, 5.74) is -0.742. The molecule has 2 saturated heterocycles. The van der Waals surface area contributed by atoms with Gasteiger partial charge in [-0.25, -0.2) is 9.29 Å². The number of phenolic OH excluding ortho intramolecular Hbond substituents is 1. The number of phenols is 1. The summed E-state index contributed by atoms with van der Waals surface area (Å²) in [6.07, 6.45) is -8.84. The average molecular weight is 687 g/mol. The van der Waals surface area contributed by atoms with Gasteiger partial charge in [0.1, 0.15) is 0 Å². The van der Waals surface area contributed by atoms with E-state index in [0.29, 0.717) is 40.2 Å². The number of halogens is 7. The van der Waals surface area contributed by atoms with Gasteiger partial charge in [-0.1, -0.05) is 48.0 Å². The Morgan fingerprint density at radius 3 is 2.20 bits per heavy atom. The number of rotatable bonds is 6. The molecule has 0 spiro atoms. The van der Waals surface area contributed by atoms with Crippen molar-refractivity contribution in [1.82, 2.24) is 0 Å². The molecule has 0 unspecified atom stereocenters. The predicted octanol–water partition coefficient (Wildman–Crippen LogP) is 7.91. The molecular weight excluding hydrogens is 658 g/mol. The van der Waals surface area contributed by atoms with Crippen molar-refractivity contribution in [3.05, 3.63) is 106 Å². The van der Waals surface area contributed by atoms with E-state index in [9.17, 15) is 50.5 Å². The monoisotopic (exact) mass is 687 g/mol. The van der Waals surface area contributed by atoms with Crippen LogP contribution in [0.15, 0.2) is 77.9 Å². The first-order valence-corrected chi connectivity index (χ1v) is 15.5. The van der Waals surface area contributed by atoms with Crippen molar-refractivity contribution in [3.8, 4) is 5.75 Å². The zero-order chi connectivity index (χ0) is 35.4. The third-order valence-electron chi connectivity index (χ3n) is 9.42. The molecule has 49 heavy (non-hydrogen) atoms. The van der Waals surface area contributed by atoms with E-state index in [2.05, 4.69) is 0 Å². The fourth-order valence-corrected chi connectivity index (χ4v) is 7.29. The quantitative estimate of drug-likeness (QED) is 0.0905. The molecule has 2 aliphatic heterocycles. The van der Waals surface area contributed by atoms with E-state index < -0.39 is 83.5 Å². The molecule has 3 aliphatic rings. The molecule has 14 heteroatoms. The maximum Gasteiger partial charge on any atom is 0.455 e. The van der Waals surface area contributed by atoms with Gasteiger partial charge in [0.2, 0.25) is 11.8 Å². The number of carbonyl (C=O) groups excluding carboxylic acids is 2. The number of benzene rings is 3. The van der Waals surface area contributed by atoms with Gasteiger partial charge in [-0.2, -0.15) is 26.3 Å². The van der Waals surface area contributed by atoms with Crippen LogP contribution in [0.4, 0.5) is 36.4 Å². The lowest BCUT2D eigenvalue weighted by atomic mass is 9.58. The molecule has 0 aromatic heterocycles. The lowest BCUT2D eigenvalue weighted by Gasteiger charge is -2.42. The van der Waals surface area contributed by atoms with Crippen LogP contribution < -0.4 is 4.90 Å². The second-order valence-corrected chi connectivity index (χ2v) is 12.6. The van der Waals surface area contributed by atoms with Crippen molar-refractivity contribution < 1.29 is 55.1 Å². The molecule has 2 fully saturated rings. The molecule has 4 atom stereocenters. The largest absolute Gasteiger partial charge is 0.505 e. The Balaban J connectivity index is 1.32. The van der Waals surface area contributed by atoms with E-state index in [1.807, 2.05) is 30.3 Å². The number of hydrogen-bond donors (Lipinski definition) is 2. The molecule has 0 saturated carbocycles. The number of hydrogen-bond acceptors (Lipinski definition) is 5. The van der Waals surface area contributed by atoms with Gasteiger partial charge in [0, 0.05) is 0 Å². The minimum absolute atomic E-state index is 0.0206.